The molecule has 8 heteroatoms. The van der Waals surface area contributed by atoms with E-state index >= 15 is 0 Å². The van der Waals surface area contributed by atoms with Crippen molar-refractivity contribution in [3.8, 4) is 0 Å². The number of aliphatic hydroxyl groups is 1. The Morgan fingerprint density at radius 1 is 1.44 bits per heavy atom. The Labute approximate surface area is 100 Å². The highest BCUT2D eigenvalue weighted by Gasteiger charge is 2.37. The molecule has 3 N–H and O–H groups in total. The second kappa shape index (κ2) is 4.54. The van der Waals surface area contributed by atoms with Crippen LogP contribution in [-0.2, 0) is 6.18 Å². The van der Waals surface area contributed by atoms with Crippen molar-refractivity contribution in [3.05, 3.63) is 30.1 Å². The maximum atomic E-state index is 12.8. The van der Waals surface area contributed by atoms with Crippen LogP contribution in [0.3, 0.4) is 0 Å². The summed E-state index contributed by atoms with van der Waals surface area (Å²) in [4.78, 5) is 7.21. The van der Waals surface area contributed by atoms with Gasteiger partial charge in [0.15, 0.2) is 0 Å². The lowest BCUT2D eigenvalue weighted by Gasteiger charge is -2.05. The summed E-state index contributed by atoms with van der Waals surface area (Å²) in [7, 11) is 0. The summed E-state index contributed by atoms with van der Waals surface area (Å²) in [5, 5.41) is 9.75. The van der Waals surface area contributed by atoms with Crippen LogP contribution >= 0.6 is 0 Å². The van der Waals surface area contributed by atoms with E-state index in [1.54, 1.807) is 0 Å². The lowest BCUT2D eigenvalue weighted by atomic mass is 10.2. The van der Waals surface area contributed by atoms with E-state index in [0.717, 1.165) is 10.6 Å². The quantitative estimate of drug-likeness (QED) is 0.867. The third-order valence-corrected chi connectivity index (χ3v) is 2.48. The number of imidazole rings is 1. The highest BCUT2D eigenvalue weighted by Crippen LogP contribution is 2.32. The van der Waals surface area contributed by atoms with Crippen molar-refractivity contribution < 1.29 is 18.3 Å². The zero-order valence-electron chi connectivity index (χ0n) is 9.22. The molecule has 0 aliphatic carbocycles. The van der Waals surface area contributed by atoms with E-state index in [1.807, 2.05) is 0 Å². The van der Waals surface area contributed by atoms with E-state index in [1.165, 1.54) is 12.4 Å². The van der Waals surface area contributed by atoms with Gasteiger partial charge in [0, 0.05) is 12.4 Å². The highest BCUT2D eigenvalue weighted by atomic mass is 19.4. The minimum Gasteiger partial charge on any atom is -0.387 e. The maximum Gasteiger partial charge on any atom is 0.450 e. The van der Waals surface area contributed by atoms with Crippen molar-refractivity contribution in [3.63, 3.8) is 0 Å². The van der Waals surface area contributed by atoms with E-state index in [0.29, 0.717) is 0 Å². The van der Waals surface area contributed by atoms with Gasteiger partial charge in [0.1, 0.15) is 0 Å². The first-order valence-corrected chi connectivity index (χ1v) is 5.22. The molecule has 2 aromatic heterocycles. The average molecular weight is 260 g/mol. The third-order valence-electron chi connectivity index (χ3n) is 2.48. The molecular weight excluding hydrogens is 249 g/mol. The molecule has 2 rings (SSSR count). The van der Waals surface area contributed by atoms with Crippen molar-refractivity contribution in [2.75, 3.05) is 6.54 Å². The Morgan fingerprint density at radius 2 is 2.17 bits per heavy atom. The Balaban J connectivity index is 2.61. The molecule has 0 aliphatic rings. The molecule has 18 heavy (non-hydrogen) atoms. The SMILES string of the molecule is NCCC(O)c1nc(C(F)(F)F)n2ccncc12. The van der Waals surface area contributed by atoms with Crippen LogP contribution in [0, 0.1) is 0 Å². The molecule has 0 fully saturated rings. The Kier molecular flexibility index (Phi) is 3.22. The molecule has 2 heterocycles. The van der Waals surface area contributed by atoms with E-state index in [9.17, 15) is 18.3 Å². The first-order valence-electron chi connectivity index (χ1n) is 5.22. The molecule has 0 aromatic carbocycles. The molecule has 5 nitrogen and oxygen atoms in total. The van der Waals surface area contributed by atoms with Crippen molar-refractivity contribution in [2.24, 2.45) is 5.73 Å². The number of hydrogen-bond donors (Lipinski definition) is 2. The summed E-state index contributed by atoms with van der Waals surface area (Å²) in [5.74, 6) is -1.08. The van der Waals surface area contributed by atoms with Crippen LogP contribution in [0.15, 0.2) is 18.6 Å². The average Bonchev–Trinajstić information content (AvgIpc) is 2.68. The predicted molar refractivity (Wildman–Crippen MR) is 56.6 cm³/mol. The molecule has 0 radical (unpaired) electrons. The standard InChI is InChI=1S/C10H11F3N4O/c11-10(12,13)9-16-8(7(18)1-2-14)6-5-15-3-4-17(6)9/h3-5,7,18H,1-2,14H2. The van der Waals surface area contributed by atoms with Crippen LogP contribution in [-0.4, -0.2) is 26.0 Å². The number of hydrogen-bond acceptors (Lipinski definition) is 4. The molecule has 0 saturated carbocycles. The van der Waals surface area contributed by atoms with Crippen molar-refractivity contribution in [1.29, 1.82) is 0 Å². The number of rotatable bonds is 3. The zero-order chi connectivity index (χ0) is 13.3. The van der Waals surface area contributed by atoms with Gasteiger partial charge in [-0.05, 0) is 13.0 Å². The van der Waals surface area contributed by atoms with Gasteiger partial charge in [0.05, 0.1) is 23.5 Å². The lowest BCUT2D eigenvalue weighted by Crippen LogP contribution is -2.11. The summed E-state index contributed by atoms with van der Waals surface area (Å²) in [6.45, 7) is 0.155. The van der Waals surface area contributed by atoms with E-state index < -0.39 is 18.1 Å². The van der Waals surface area contributed by atoms with Crippen LogP contribution in [0.5, 0.6) is 0 Å². The van der Waals surface area contributed by atoms with Gasteiger partial charge in [-0.3, -0.25) is 9.38 Å². The molecule has 0 aliphatic heterocycles. The first kappa shape index (κ1) is 12.8. The minimum absolute atomic E-state index is 0.0547. The van der Waals surface area contributed by atoms with Gasteiger partial charge in [-0.15, -0.1) is 0 Å². The largest absolute Gasteiger partial charge is 0.450 e. The second-order valence-corrected chi connectivity index (χ2v) is 3.74. The summed E-state index contributed by atoms with van der Waals surface area (Å²) in [6.07, 6.45) is -1.97. The molecule has 0 amide bonds. The molecule has 1 atom stereocenters. The van der Waals surface area contributed by atoms with E-state index in [-0.39, 0.29) is 24.2 Å². The fraction of sp³-hybridized carbons (Fsp3) is 0.400. The molecule has 1 unspecified atom stereocenters. The van der Waals surface area contributed by atoms with E-state index in [2.05, 4.69) is 9.97 Å². The molecule has 0 bridgehead atoms. The predicted octanol–water partition coefficient (Wildman–Crippen LogP) is 1.13. The smallest absolute Gasteiger partial charge is 0.387 e. The number of nitrogens with zero attached hydrogens (tertiary/aromatic N) is 3. The van der Waals surface area contributed by atoms with E-state index in [4.69, 9.17) is 5.73 Å². The maximum absolute atomic E-state index is 12.8. The molecule has 2 aromatic rings. The van der Waals surface area contributed by atoms with Crippen LogP contribution in [0.1, 0.15) is 24.0 Å². The van der Waals surface area contributed by atoms with Crippen molar-refractivity contribution in [2.45, 2.75) is 18.7 Å². The Hall–Kier alpha value is -1.67. The molecule has 0 spiro atoms. The third kappa shape index (κ3) is 2.16. The molecule has 98 valence electrons. The summed E-state index contributed by atoms with van der Waals surface area (Å²) in [6, 6.07) is 0. The van der Waals surface area contributed by atoms with Gasteiger partial charge in [0.2, 0.25) is 5.82 Å². The van der Waals surface area contributed by atoms with Gasteiger partial charge in [0.25, 0.3) is 0 Å². The Morgan fingerprint density at radius 3 is 2.78 bits per heavy atom. The van der Waals surface area contributed by atoms with Crippen molar-refractivity contribution >= 4 is 5.52 Å². The lowest BCUT2D eigenvalue weighted by molar-refractivity contribution is -0.145. The van der Waals surface area contributed by atoms with Gasteiger partial charge in [-0.25, -0.2) is 4.98 Å². The number of halogens is 3. The minimum atomic E-state index is -4.59. The monoisotopic (exact) mass is 260 g/mol. The highest BCUT2D eigenvalue weighted by molar-refractivity contribution is 5.52. The number of fused-ring (bicyclic) bond motifs is 1. The molecular formula is C10H11F3N4O. The number of nitrogens with two attached hydrogens (primary N) is 1. The zero-order valence-corrected chi connectivity index (χ0v) is 9.22. The fourth-order valence-electron chi connectivity index (χ4n) is 1.70. The topological polar surface area (TPSA) is 76.4 Å². The second-order valence-electron chi connectivity index (χ2n) is 3.74. The first-order chi connectivity index (χ1) is 8.45. The Bertz CT molecular complexity index is 552. The van der Waals surface area contributed by atoms with Gasteiger partial charge >= 0.3 is 6.18 Å². The summed E-state index contributed by atoms with van der Waals surface area (Å²) in [5.41, 5.74) is 5.35. The van der Waals surface area contributed by atoms with Crippen LogP contribution in [0.2, 0.25) is 0 Å². The summed E-state index contributed by atoms with van der Waals surface area (Å²) >= 11 is 0. The van der Waals surface area contributed by atoms with Crippen LogP contribution < -0.4 is 5.73 Å². The van der Waals surface area contributed by atoms with Gasteiger partial charge < -0.3 is 10.8 Å². The normalized spacial score (nSPS) is 14.1. The number of aliphatic hydroxyl groups excluding tert-OH is 1. The van der Waals surface area contributed by atoms with Crippen LogP contribution in [0.4, 0.5) is 13.2 Å². The van der Waals surface area contributed by atoms with Gasteiger partial charge in [-0.2, -0.15) is 13.2 Å². The molecule has 0 saturated heterocycles. The van der Waals surface area contributed by atoms with Crippen molar-refractivity contribution in [1.82, 2.24) is 14.4 Å². The summed E-state index contributed by atoms with van der Waals surface area (Å²) < 4.78 is 39.2. The van der Waals surface area contributed by atoms with Crippen LogP contribution in [0.25, 0.3) is 5.52 Å². The number of alkyl halides is 3. The fourth-order valence-corrected chi connectivity index (χ4v) is 1.70. The number of aromatic nitrogens is 3. The van der Waals surface area contributed by atoms with Gasteiger partial charge in [-0.1, -0.05) is 0 Å².